The molecule has 0 radical (unpaired) electrons. The Bertz CT molecular complexity index is 935. The van der Waals surface area contributed by atoms with E-state index in [4.69, 9.17) is 16.6 Å². The van der Waals surface area contributed by atoms with E-state index in [0.717, 1.165) is 25.4 Å². The lowest BCUT2D eigenvalue weighted by Gasteiger charge is -2.20. The van der Waals surface area contributed by atoms with Crippen LogP contribution in [0.25, 0.3) is 0 Å². The summed E-state index contributed by atoms with van der Waals surface area (Å²) in [6.45, 7) is 0. The van der Waals surface area contributed by atoms with E-state index in [1.165, 1.54) is 11.1 Å². The molecule has 0 aromatic heterocycles. The minimum atomic E-state index is 0.00922. The predicted molar refractivity (Wildman–Crippen MR) is 115 cm³/mol. The number of amidine groups is 1. The van der Waals surface area contributed by atoms with Crippen molar-refractivity contribution in [1.82, 2.24) is 5.32 Å². The predicted octanol–water partition coefficient (Wildman–Crippen LogP) is 6.70. The average molecular weight is 491 g/mol. The number of nitrogens with one attached hydrogen (secondary N) is 1. The quantitative estimate of drug-likeness (QED) is 0.434. The lowest BCUT2D eigenvalue weighted by molar-refractivity contribution is 0.572. The first-order valence-corrected chi connectivity index (χ1v) is 10.2. The molecule has 3 aromatic rings. The maximum atomic E-state index is 6.03. The van der Waals surface area contributed by atoms with Crippen molar-refractivity contribution in [3.63, 3.8) is 0 Å². The van der Waals surface area contributed by atoms with Gasteiger partial charge < -0.3 is 5.32 Å². The lowest BCUT2D eigenvalue weighted by atomic mass is 9.95. The van der Waals surface area contributed by atoms with E-state index in [1.54, 1.807) is 0 Å². The van der Waals surface area contributed by atoms with Gasteiger partial charge in [-0.2, -0.15) is 0 Å². The van der Waals surface area contributed by atoms with Crippen molar-refractivity contribution in [1.29, 1.82) is 0 Å². The van der Waals surface area contributed by atoms with Crippen LogP contribution in [0.1, 0.15) is 28.8 Å². The van der Waals surface area contributed by atoms with Crippen LogP contribution in [0.2, 0.25) is 5.02 Å². The van der Waals surface area contributed by atoms with E-state index < -0.39 is 0 Å². The molecule has 26 heavy (non-hydrogen) atoms. The third-order valence-electron chi connectivity index (χ3n) is 4.43. The molecule has 0 saturated carbocycles. The fourth-order valence-electron chi connectivity index (χ4n) is 3.11. The number of benzene rings is 3. The highest BCUT2D eigenvalue weighted by molar-refractivity contribution is 9.10. The molecular weight excluding hydrogens is 476 g/mol. The van der Waals surface area contributed by atoms with Gasteiger partial charge in [0.2, 0.25) is 0 Å². The molecular formula is C21H15Br2ClN2. The zero-order valence-electron chi connectivity index (χ0n) is 13.7. The van der Waals surface area contributed by atoms with Crippen LogP contribution in [0.3, 0.4) is 0 Å². The molecule has 0 spiro atoms. The van der Waals surface area contributed by atoms with Gasteiger partial charge in [0, 0.05) is 19.5 Å². The molecule has 0 amide bonds. The number of aliphatic imine (C=N–C) groups is 1. The van der Waals surface area contributed by atoms with Crippen molar-refractivity contribution in [2.75, 3.05) is 0 Å². The monoisotopic (exact) mass is 488 g/mol. The van der Waals surface area contributed by atoms with Gasteiger partial charge in [-0.15, -0.1) is 0 Å². The molecule has 5 heteroatoms. The summed E-state index contributed by atoms with van der Waals surface area (Å²) in [5.74, 6) is 0.891. The van der Waals surface area contributed by atoms with Crippen LogP contribution in [0, 0.1) is 0 Å². The molecule has 1 aliphatic heterocycles. The van der Waals surface area contributed by atoms with E-state index in [1.807, 2.05) is 24.3 Å². The standard InChI is InChI=1S/C21H15Br2ClN2/c22-16-7-1-13(2-8-16)19-20(14-3-9-17(23)10-4-14)26-21(25-19)15-5-11-18(24)12-6-15/h1-12,19-20H,(H,25,26). The SMILES string of the molecule is Clc1ccc(C2=NC(c3ccc(Br)cc3)C(c3ccc(Br)cc3)N2)cc1. The summed E-state index contributed by atoms with van der Waals surface area (Å²) in [7, 11) is 0. The number of rotatable bonds is 3. The second-order valence-electron chi connectivity index (χ2n) is 6.15. The van der Waals surface area contributed by atoms with Gasteiger partial charge in [-0.25, -0.2) is 0 Å². The molecule has 0 bridgehead atoms. The Morgan fingerprint density at radius 1 is 0.731 bits per heavy atom. The first-order chi connectivity index (χ1) is 12.6. The molecule has 0 aliphatic carbocycles. The van der Waals surface area contributed by atoms with Crippen LogP contribution in [0.15, 0.2) is 86.7 Å². The van der Waals surface area contributed by atoms with Gasteiger partial charge in [-0.3, -0.25) is 4.99 Å². The summed E-state index contributed by atoms with van der Waals surface area (Å²) in [5, 5.41) is 4.33. The molecule has 0 saturated heterocycles. The van der Waals surface area contributed by atoms with Crippen LogP contribution < -0.4 is 5.32 Å². The second kappa shape index (κ2) is 7.55. The maximum absolute atomic E-state index is 6.03. The molecule has 1 N–H and O–H groups in total. The van der Waals surface area contributed by atoms with E-state index in [2.05, 4.69) is 85.7 Å². The Kier molecular flexibility index (Phi) is 5.16. The highest BCUT2D eigenvalue weighted by Crippen LogP contribution is 2.37. The van der Waals surface area contributed by atoms with Crippen LogP contribution in [0.5, 0.6) is 0 Å². The number of hydrogen-bond acceptors (Lipinski definition) is 2. The van der Waals surface area contributed by atoms with E-state index in [0.29, 0.717) is 0 Å². The Balaban J connectivity index is 1.74. The summed E-state index contributed by atoms with van der Waals surface area (Å²) < 4.78 is 2.13. The minimum absolute atomic E-state index is 0.00922. The van der Waals surface area contributed by atoms with Crippen molar-refractivity contribution < 1.29 is 0 Å². The van der Waals surface area contributed by atoms with Gasteiger partial charge >= 0.3 is 0 Å². The molecule has 130 valence electrons. The van der Waals surface area contributed by atoms with Crippen LogP contribution in [0.4, 0.5) is 0 Å². The zero-order valence-corrected chi connectivity index (χ0v) is 17.6. The van der Waals surface area contributed by atoms with E-state index in [9.17, 15) is 0 Å². The average Bonchev–Trinajstić information content (AvgIpc) is 3.09. The Hall–Kier alpha value is -1.62. The largest absolute Gasteiger partial charge is 0.361 e. The van der Waals surface area contributed by atoms with E-state index >= 15 is 0 Å². The smallest absolute Gasteiger partial charge is 0.129 e. The topological polar surface area (TPSA) is 24.4 Å². The van der Waals surface area contributed by atoms with Gasteiger partial charge in [-0.1, -0.05) is 67.7 Å². The van der Waals surface area contributed by atoms with Crippen molar-refractivity contribution in [3.8, 4) is 0 Å². The molecule has 1 heterocycles. The second-order valence-corrected chi connectivity index (χ2v) is 8.42. The van der Waals surface area contributed by atoms with Crippen LogP contribution >= 0.6 is 43.5 Å². The van der Waals surface area contributed by atoms with E-state index in [-0.39, 0.29) is 12.1 Å². The maximum Gasteiger partial charge on any atom is 0.129 e. The number of nitrogens with zero attached hydrogens (tertiary/aromatic N) is 1. The molecule has 2 nitrogen and oxygen atoms in total. The molecule has 4 rings (SSSR count). The minimum Gasteiger partial charge on any atom is -0.361 e. The summed E-state index contributed by atoms with van der Waals surface area (Å²) in [6, 6.07) is 24.6. The Labute approximate surface area is 174 Å². The van der Waals surface area contributed by atoms with Crippen LogP contribution in [-0.2, 0) is 0 Å². The third-order valence-corrected chi connectivity index (χ3v) is 5.74. The fourth-order valence-corrected chi connectivity index (χ4v) is 3.76. The molecule has 0 fully saturated rings. The van der Waals surface area contributed by atoms with Gasteiger partial charge in [-0.05, 0) is 59.7 Å². The molecule has 3 aromatic carbocycles. The van der Waals surface area contributed by atoms with Gasteiger partial charge in [0.05, 0.1) is 6.04 Å². The van der Waals surface area contributed by atoms with Gasteiger partial charge in [0.25, 0.3) is 0 Å². The van der Waals surface area contributed by atoms with Crippen molar-refractivity contribution in [2.24, 2.45) is 4.99 Å². The summed E-state index contributed by atoms with van der Waals surface area (Å²) >= 11 is 13.0. The third kappa shape index (κ3) is 3.73. The van der Waals surface area contributed by atoms with Crippen molar-refractivity contribution >= 4 is 49.3 Å². The fraction of sp³-hybridized carbons (Fsp3) is 0.0952. The lowest BCUT2D eigenvalue weighted by Crippen LogP contribution is -2.25. The molecule has 2 atom stereocenters. The van der Waals surface area contributed by atoms with Crippen molar-refractivity contribution in [3.05, 3.63) is 103 Å². The molecule has 2 unspecified atom stereocenters. The zero-order chi connectivity index (χ0) is 18.1. The van der Waals surface area contributed by atoms with Crippen LogP contribution in [-0.4, -0.2) is 5.84 Å². The van der Waals surface area contributed by atoms with Gasteiger partial charge in [0.15, 0.2) is 0 Å². The Morgan fingerprint density at radius 3 is 1.85 bits per heavy atom. The van der Waals surface area contributed by atoms with Gasteiger partial charge in [0.1, 0.15) is 11.9 Å². The number of hydrogen-bond donors (Lipinski definition) is 1. The highest BCUT2D eigenvalue weighted by Gasteiger charge is 2.31. The normalized spacial score (nSPS) is 19.1. The van der Waals surface area contributed by atoms with Crippen molar-refractivity contribution in [2.45, 2.75) is 12.1 Å². The summed E-state index contributed by atoms with van der Waals surface area (Å²) in [6.07, 6.45) is 0. The first-order valence-electron chi connectivity index (χ1n) is 8.21. The summed E-state index contributed by atoms with van der Waals surface area (Å²) in [4.78, 5) is 5.00. The Morgan fingerprint density at radius 2 is 1.27 bits per heavy atom. The highest BCUT2D eigenvalue weighted by atomic mass is 79.9. The summed E-state index contributed by atoms with van der Waals surface area (Å²) in [5.41, 5.74) is 3.42. The molecule has 1 aliphatic rings. The first kappa shape index (κ1) is 17.8. The number of halogens is 3.